The van der Waals surface area contributed by atoms with Gasteiger partial charge in [-0.1, -0.05) is 12.1 Å². The lowest BCUT2D eigenvalue weighted by atomic mass is 9.86. The molecule has 1 aliphatic rings. The van der Waals surface area contributed by atoms with Crippen molar-refractivity contribution in [1.29, 1.82) is 0 Å². The van der Waals surface area contributed by atoms with Crippen LogP contribution < -0.4 is 11.1 Å². The second kappa shape index (κ2) is 5.94. The van der Waals surface area contributed by atoms with Gasteiger partial charge >= 0.3 is 5.97 Å². The first-order chi connectivity index (χ1) is 9.37. The molecule has 4 nitrogen and oxygen atoms in total. The highest BCUT2D eigenvalue weighted by Gasteiger charge is 2.24. The number of hydrogen-bond acceptors (Lipinski definition) is 4. The van der Waals surface area contributed by atoms with E-state index in [4.69, 9.17) is 10.5 Å². The number of rotatable bonds is 2. The minimum atomic E-state index is -0.474. The Kier molecular flexibility index (Phi) is 4.45. The smallest absolute Gasteiger partial charge is 0.338 e. The van der Waals surface area contributed by atoms with Gasteiger partial charge in [0, 0.05) is 18.5 Å². The molecule has 20 heavy (non-hydrogen) atoms. The molecular weight excluding hydrogens is 252 g/mol. The third kappa shape index (κ3) is 3.81. The number of hydrogen-bond donors (Lipinski definition) is 2. The highest BCUT2D eigenvalue weighted by atomic mass is 16.6. The summed E-state index contributed by atoms with van der Waals surface area (Å²) in [6.45, 7) is 7.41. The van der Waals surface area contributed by atoms with E-state index in [0.717, 1.165) is 25.1 Å². The minimum absolute atomic E-state index is 0.0950. The Morgan fingerprint density at radius 2 is 2.15 bits per heavy atom. The topological polar surface area (TPSA) is 64.3 Å². The summed E-state index contributed by atoms with van der Waals surface area (Å²) in [5, 5.41) is 3.29. The Labute approximate surface area is 120 Å². The zero-order valence-electron chi connectivity index (χ0n) is 12.5. The van der Waals surface area contributed by atoms with Crippen LogP contribution in [0.4, 0.5) is 0 Å². The van der Waals surface area contributed by atoms with E-state index in [0.29, 0.717) is 11.5 Å². The van der Waals surface area contributed by atoms with Gasteiger partial charge in [0.1, 0.15) is 5.60 Å². The molecule has 1 saturated heterocycles. The molecule has 1 heterocycles. The monoisotopic (exact) mass is 276 g/mol. The summed E-state index contributed by atoms with van der Waals surface area (Å²) in [6.07, 6.45) is 0.999. The van der Waals surface area contributed by atoms with Crippen molar-refractivity contribution in [3.63, 3.8) is 0 Å². The maximum atomic E-state index is 12.1. The van der Waals surface area contributed by atoms with Crippen LogP contribution >= 0.6 is 0 Å². The fourth-order valence-electron chi connectivity index (χ4n) is 2.53. The molecule has 2 unspecified atom stereocenters. The van der Waals surface area contributed by atoms with Gasteiger partial charge in [-0.25, -0.2) is 4.79 Å². The van der Waals surface area contributed by atoms with E-state index in [1.165, 1.54) is 0 Å². The zero-order valence-corrected chi connectivity index (χ0v) is 12.5. The second-order valence-corrected chi connectivity index (χ2v) is 6.39. The van der Waals surface area contributed by atoms with E-state index in [1.54, 1.807) is 6.07 Å². The van der Waals surface area contributed by atoms with Crippen molar-refractivity contribution in [2.45, 2.75) is 44.8 Å². The van der Waals surface area contributed by atoms with Gasteiger partial charge in [0.25, 0.3) is 0 Å². The second-order valence-electron chi connectivity index (χ2n) is 6.39. The predicted molar refractivity (Wildman–Crippen MR) is 79.8 cm³/mol. The van der Waals surface area contributed by atoms with Crippen molar-refractivity contribution in [2.24, 2.45) is 5.73 Å². The van der Waals surface area contributed by atoms with E-state index in [2.05, 4.69) is 5.32 Å². The van der Waals surface area contributed by atoms with E-state index < -0.39 is 5.60 Å². The molecule has 0 saturated carbocycles. The first-order valence-corrected chi connectivity index (χ1v) is 7.16. The fourth-order valence-corrected chi connectivity index (χ4v) is 2.53. The van der Waals surface area contributed by atoms with Gasteiger partial charge in [0.05, 0.1) is 5.56 Å². The summed E-state index contributed by atoms with van der Waals surface area (Å²) < 4.78 is 5.41. The van der Waals surface area contributed by atoms with Gasteiger partial charge < -0.3 is 15.8 Å². The lowest BCUT2D eigenvalue weighted by Gasteiger charge is -2.30. The van der Waals surface area contributed by atoms with Crippen LogP contribution in [-0.2, 0) is 4.74 Å². The van der Waals surface area contributed by atoms with Crippen LogP contribution in [0, 0.1) is 0 Å². The standard InChI is InChI=1S/C16H24N2O2/c1-16(2,3)20-15(19)12-6-4-5-11(9-12)13-7-8-18-10-14(13)17/h4-6,9,13-14,18H,7-8,10,17H2,1-3H3. The molecule has 0 amide bonds. The largest absolute Gasteiger partial charge is 0.456 e. The summed E-state index contributed by atoms with van der Waals surface area (Å²) in [5.74, 6) is 0.0282. The van der Waals surface area contributed by atoms with Crippen molar-refractivity contribution >= 4 is 5.97 Å². The molecule has 0 aromatic heterocycles. The summed E-state index contributed by atoms with van der Waals surface area (Å²) in [5.41, 5.74) is 7.41. The Balaban J connectivity index is 2.17. The first kappa shape index (κ1) is 15.0. The van der Waals surface area contributed by atoms with Crippen LogP contribution in [0.5, 0.6) is 0 Å². The summed E-state index contributed by atoms with van der Waals surface area (Å²) in [7, 11) is 0. The molecule has 1 aromatic rings. The molecule has 1 aliphatic heterocycles. The first-order valence-electron chi connectivity index (χ1n) is 7.16. The lowest BCUT2D eigenvalue weighted by molar-refractivity contribution is 0.00693. The minimum Gasteiger partial charge on any atom is -0.456 e. The Bertz CT molecular complexity index is 480. The van der Waals surface area contributed by atoms with Gasteiger partial charge in [-0.15, -0.1) is 0 Å². The molecular formula is C16H24N2O2. The Hall–Kier alpha value is -1.39. The van der Waals surface area contributed by atoms with Crippen molar-refractivity contribution in [1.82, 2.24) is 5.32 Å². The Morgan fingerprint density at radius 3 is 2.80 bits per heavy atom. The van der Waals surface area contributed by atoms with Crippen LogP contribution in [0.25, 0.3) is 0 Å². The zero-order chi connectivity index (χ0) is 14.8. The van der Waals surface area contributed by atoms with E-state index in [1.807, 2.05) is 39.0 Å². The molecule has 2 atom stereocenters. The van der Waals surface area contributed by atoms with Gasteiger partial charge in [0.2, 0.25) is 0 Å². The number of piperidine rings is 1. The van der Waals surface area contributed by atoms with Crippen LogP contribution in [0.1, 0.15) is 49.0 Å². The molecule has 0 spiro atoms. The highest BCUT2D eigenvalue weighted by molar-refractivity contribution is 5.89. The molecule has 1 fully saturated rings. The molecule has 2 rings (SSSR count). The van der Waals surface area contributed by atoms with Gasteiger partial charge in [-0.2, -0.15) is 0 Å². The number of esters is 1. The van der Waals surface area contributed by atoms with Gasteiger partial charge in [0.15, 0.2) is 0 Å². The third-order valence-electron chi connectivity index (χ3n) is 3.48. The summed E-state index contributed by atoms with van der Waals surface area (Å²) in [4.78, 5) is 12.1. The number of nitrogens with one attached hydrogen (secondary N) is 1. The SMILES string of the molecule is CC(C)(C)OC(=O)c1cccc(C2CCNCC2N)c1. The molecule has 0 bridgehead atoms. The van der Waals surface area contributed by atoms with Gasteiger partial charge in [-0.3, -0.25) is 0 Å². The van der Waals surface area contributed by atoms with Crippen LogP contribution in [0.3, 0.4) is 0 Å². The molecule has 1 aromatic carbocycles. The van der Waals surface area contributed by atoms with Crippen LogP contribution in [0.15, 0.2) is 24.3 Å². The lowest BCUT2D eigenvalue weighted by Crippen LogP contribution is -2.44. The summed E-state index contributed by atoms with van der Waals surface area (Å²) >= 11 is 0. The van der Waals surface area contributed by atoms with Gasteiger partial charge in [-0.05, 0) is 51.4 Å². The van der Waals surface area contributed by atoms with E-state index in [-0.39, 0.29) is 12.0 Å². The Morgan fingerprint density at radius 1 is 1.40 bits per heavy atom. The fraction of sp³-hybridized carbons (Fsp3) is 0.562. The number of ether oxygens (including phenoxy) is 1. The molecule has 4 heteroatoms. The normalized spacial score (nSPS) is 23.4. The third-order valence-corrected chi connectivity index (χ3v) is 3.48. The number of carbonyl (C=O) groups is 1. The van der Waals surface area contributed by atoms with Crippen molar-refractivity contribution < 1.29 is 9.53 Å². The van der Waals surface area contributed by atoms with E-state index >= 15 is 0 Å². The average molecular weight is 276 g/mol. The van der Waals surface area contributed by atoms with Crippen molar-refractivity contribution in [3.05, 3.63) is 35.4 Å². The van der Waals surface area contributed by atoms with Crippen LogP contribution in [0.2, 0.25) is 0 Å². The maximum Gasteiger partial charge on any atom is 0.338 e. The number of benzene rings is 1. The summed E-state index contributed by atoms with van der Waals surface area (Å²) in [6, 6.07) is 7.76. The van der Waals surface area contributed by atoms with Crippen molar-refractivity contribution in [2.75, 3.05) is 13.1 Å². The average Bonchev–Trinajstić information content (AvgIpc) is 2.37. The molecule has 0 radical (unpaired) electrons. The highest BCUT2D eigenvalue weighted by Crippen LogP contribution is 2.25. The molecule has 0 aliphatic carbocycles. The number of carbonyl (C=O) groups excluding carboxylic acids is 1. The van der Waals surface area contributed by atoms with E-state index in [9.17, 15) is 4.79 Å². The predicted octanol–water partition coefficient (Wildman–Crippen LogP) is 2.05. The van der Waals surface area contributed by atoms with Crippen LogP contribution in [-0.4, -0.2) is 30.7 Å². The molecule has 110 valence electrons. The maximum absolute atomic E-state index is 12.1. The molecule has 3 N–H and O–H groups in total. The van der Waals surface area contributed by atoms with Crippen molar-refractivity contribution in [3.8, 4) is 0 Å². The quantitative estimate of drug-likeness (QED) is 0.811. The number of nitrogens with two attached hydrogens (primary N) is 1.